The average molecular weight is 282 g/mol. The van der Waals surface area contributed by atoms with Gasteiger partial charge in [0.05, 0.1) is 12.1 Å². The van der Waals surface area contributed by atoms with Crippen LogP contribution in [0, 0.1) is 5.92 Å². The van der Waals surface area contributed by atoms with Gasteiger partial charge in [0.15, 0.2) is 0 Å². The Labute approximate surface area is 121 Å². The summed E-state index contributed by atoms with van der Waals surface area (Å²) in [5, 5.41) is 2.85. The quantitative estimate of drug-likeness (QED) is 0.849. The van der Waals surface area contributed by atoms with Crippen LogP contribution < -0.4 is 5.32 Å². The minimum absolute atomic E-state index is 0.0424. The second-order valence-corrected chi connectivity index (χ2v) is 6.65. The highest BCUT2D eigenvalue weighted by Crippen LogP contribution is 2.29. The highest BCUT2D eigenvalue weighted by molar-refractivity contribution is 5.95. The van der Waals surface area contributed by atoms with E-state index in [-0.39, 0.29) is 42.0 Å². The van der Waals surface area contributed by atoms with E-state index in [0.29, 0.717) is 6.61 Å². The first kappa shape index (κ1) is 15.3. The fraction of sp³-hybridized carbons (Fsp3) is 0.867. The molecule has 2 saturated heterocycles. The van der Waals surface area contributed by atoms with Crippen LogP contribution in [-0.2, 0) is 14.3 Å². The van der Waals surface area contributed by atoms with Crippen molar-refractivity contribution >= 4 is 11.8 Å². The molecule has 0 aromatic rings. The molecule has 20 heavy (non-hydrogen) atoms. The highest BCUT2D eigenvalue weighted by Gasteiger charge is 2.41. The number of carbonyl (C=O) groups excluding carboxylic acids is 2. The zero-order chi connectivity index (χ0) is 14.9. The maximum absolute atomic E-state index is 12.7. The molecule has 114 valence electrons. The molecular weight excluding hydrogens is 256 g/mol. The van der Waals surface area contributed by atoms with Crippen LogP contribution in [0.2, 0.25) is 0 Å². The van der Waals surface area contributed by atoms with Gasteiger partial charge in [-0.1, -0.05) is 20.3 Å². The van der Waals surface area contributed by atoms with Crippen molar-refractivity contribution < 1.29 is 14.3 Å². The van der Waals surface area contributed by atoms with Crippen LogP contribution in [0.15, 0.2) is 0 Å². The third-order valence-corrected chi connectivity index (χ3v) is 4.50. The normalized spacial score (nSPS) is 31.9. The second kappa shape index (κ2) is 5.72. The molecule has 2 amide bonds. The Bertz CT molecular complexity index is 395. The maximum Gasteiger partial charge on any atom is 0.246 e. The van der Waals surface area contributed by atoms with Gasteiger partial charge in [0.2, 0.25) is 11.8 Å². The van der Waals surface area contributed by atoms with Gasteiger partial charge in [-0.05, 0) is 32.6 Å². The van der Waals surface area contributed by atoms with Crippen molar-refractivity contribution in [1.82, 2.24) is 10.2 Å². The predicted octanol–water partition coefficient (Wildman–Crippen LogP) is 1.32. The van der Waals surface area contributed by atoms with E-state index in [1.807, 2.05) is 27.7 Å². The lowest BCUT2D eigenvalue weighted by atomic mass is 9.90. The molecule has 2 heterocycles. The van der Waals surface area contributed by atoms with Gasteiger partial charge in [0, 0.05) is 12.6 Å². The van der Waals surface area contributed by atoms with E-state index in [2.05, 4.69) is 5.32 Å². The largest absolute Gasteiger partial charge is 0.375 e. The van der Waals surface area contributed by atoms with Gasteiger partial charge >= 0.3 is 0 Å². The van der Waals surface area contributed by atoms with Crippen LogP contribution in [0.1, 0.15) is 47.0 Å². The van der Waals surface area contributed by atoms with Gasteiger partial charge in [-0.2, -0.15) is 0 Å². The molecule has 0 bridgehead atoms. The number of hydrogen-bond donors (Lipinski definition) is 1. The van der Waals surface area contributed by atoms with Crippen LogP contribution >= 0.6 is 0 Å². The average Bonchev–Trinajstić information content (AvgIpc) is 2.39. The SMILES string of the molecule is CCC(C)C1NC(=O)CN(C2CCOC(C)(C)C2)C1=O. The Hall–Kier alpha value is -1.10. The van der Waals surface area contributed by atoms with Gasteiger partial charge in [-0.25, -0.2) is 0 Å². The minimum atomic E-state index is -0.368. The highest BCUT2D eigenvalue weighted by atomic mass is 16.5. The molecule has 3 atom stereocenters. The van der Waals surface area contributed by atoms with Gasteiger partial charge in [0.25, 0.3) is 0 Å². The van der Waals surface area contributed by atoms with Crippen molar-refractivity contribution in [2.75, 3.05) is 13.2 Å². The van der Waals surface area contributed by atoms with E-state index in [1.54, 1.807) is 4.90 Å². The molecule has 0 aromatic heterocycles. The van der Waals surface area contributed by atoms with Gasteiger partial charge < -0.3 is 15.0 Å². The monoisotopic (exact) mass is 282 g/mol. The predicted molar refractivity (Wildman–Crippen MR) is 76.2 cm³/mol. The summed E-state index contributed by atoms with van der Waals surface area (Å²) in [5.74, 6) is 0.197. The number of carbonyl (C=O) groups is 2. The summed E-state index contributed by atoms with van der Waals surface area (Å²) in [6.07, 6.45) is 2.48. The molecule has 0 spiro atoms. The Kier molecular flexibility index (Phi) is 4.37. The number of nitrogens with zero attached hydrogens (tertiary/aromatic N) is 1. The lowest BCUT2D eigenvalue weighted by Crippen LogP contribution is -2.63. The second-order valence-electron chi connectivity index (χ2n) is 6.65. The summed E-state index contributed by atoms with van der Waals surface area (Å²) in [7, 11) is 0. The van der Waals surface area contributed by atoms with Crippen molar-refractivity contribution in [3.05, 3.63) is 0 Å². The first-order valence-electron chi connectivity index (χ1n) is 7.58. The number of nitrogens with one attached hydrogen (secondary N) is 1. The Balaban J connectivity index is 2.13. The topological polar surface area (TPSA) is 58.6 Å². The lowest BCUT2D eigenvalue weighted by Gasteiger charge is -2.44. The van der Waals surface area contributed by atoms with E-state index < -0.39 is 0 Å². The van der Waals surface area contributed by atoms with Crippen LogP contribution in [-0.4, -0.2) is 47.6 Å². The van der Waals surface area contributed by atoms with Gasteiger partial charge in [-0.15, -0.1) is 0 Å². The third-order valence-electron chi connectivity index (χ3n) is 4.50. The Morgan fingerprint density at radius 2 is 2.15 bits per heavy atom. The summed E-state index contributed by atoms with van der Waals surface area (Å²) < 4.78 is 5.71. The van der Waals surface area contributed by atoms with Crippen molar-refractivity contribution in [2.45, 2.75) is 64.6 Å². The Morgan fingerprint density at radius 3 is 2.75 bits per heavy atom. The van der Waals surface area contributed by atoms with Crippen LogP contribution in [0.4, 0.5) is 0 Å². The van der Waals surface area contributed by atoms with Crippen LogP contribution in [0.3, 0.4) is 0 Å². The standard InChI is InChI=1S/C15H26N2O3/c1-5-10(2)13-14(19)17(9-12(18)16-13)11-6-7-20-15(3,4)8-11/h10-11,13H,5-9H2,1-4H3,(H,16,18). The number of amides is 2. The first-order chi connectivity index (χ1) is 9.34. The number of piperazine rings is 1. The molecule has 0 radical (unpaired) electrons. The smallest absolute Gasteiger partial charge is 0.246 e. The van der Waals surface area contributed by atoms with Crippen molar-refractivity contribution in [1.29, 1.82) is 0 Å². The fourth-order valence-corrected chi connectivity index (χ4v) is 3.09. The van der Waals surface area contributed by atoms with Crippen LogP contribution in [0.25, 0.3) is 0 Å². The molecule has 2 aliphatic heterocycles. The van der Waals surface area contributed by atoms with Gasteiger partial charge in [-0.3, -0.25) is 9.59 Å². The zero-order valence-corrected chi connectivity index (χ0v) is 12.9. The summed E-state index contributed by atoms with van der Waals surface area (Å²) in [5.41, 5.74) is -0.219. The van der Waals surface area contributed by atoms with Crippen molar-refractivity contribution in [3.63, 3.8) is 0 Å². The van der Waals surface area contributed by atoms with E-state index in [9.17, 15) is 9.59 Å². The number of hydrogen-bond acceptors (Lipinski definition) is 3. The number of ether oxygens (including phenoxy) is 1. The molecule has 0 saturated carbocycles. The maximum atomic E-state index is 12.7. The molecule has 3 unspecified atom stereocenters. The van der Waals surface area contributed by atoms with Crippen molar-refractivity contribution in [2.24, 2.45) is 5.92 Å². The summed E-state index contributed by atoms with van der Waals surface area (Å²) in [4.78, 5) is 26.3. The van der Waals surface area contributed by atoms with Crippen LogP contribution in [0.5, 0.6) is 0 Å². The molecule has 0 aliphatic carbocycles. The van der Waals surface area contributed by atoms with Crippen molar-refractivity contribution in [3.8, 4) is 0 Å². The summed E-state index contributed by atoms with van der Waals surface area (Å²) in [6.45, 7) is 8.98. The van der Waals surface area contributed by atoms with E-state index in [0.717, 1.165) is 19.3 Å². The molecule has 5 heteroatoms. The molecule has 0 aromatic carbocycles. The molecule has 5 nitrogen and oxygen atoms in total. The summed E-state index contributed by atoms with van der Waals surface area (Å²) in [6, 6.07) is -0.254. The molecule has 2 rings (SSSR count). The zero-order valence-electron chi connectivity index (χ0n) is 12.9. The third kappa shape index (κ3) is 3.14. The summed E-state index contributed by atoms with van der Waals surface area (Å²) >= 11 is 0. The van der Waals surface area contributed by atoms with E-state index in [4.69, 9.17) is 4.74 Å². The first-order valence-corrected chi connectivity index (χ1v) is 7.58. The molecule has 2 fully saturated rings. The Morgan fingerprint density at radius 1 is 1.45 bits per heavy atom. The van der Waals surface area contributed by atoms with Gasteiger partial charge in [0.1, 0.15) is 6.04 Å². The number of rotatable bonds is 3. The molecule has 1 N–H and O–H groups in total. The molecule has 2 aliphatic rings. The van der Waals surface area contributed by atoms with E-state index >= 15 is 0 Å². The lowest BCUT2D eigenvalue weighted by molar-refractivity contribution is -0.154. The fourth-order valence-electron chi connectivity index (χ4n) is 3.09. The minimum Gasteiger partial charge on any atom is -0.375 e. The van der Waals surface area contributed by atoms with E-state index in [1.165, 1.54) is 0 Å². The molecular formula is C15H26N2O3.